The molecule has 0 radical (unpaired) electrons. The van der Waals surface area contributed by atoms with Gasteiger partial charge in [-0.3, -0.25) is 4.98 Å². The summed E-state index contributed by atoms with van der Waals surface area (Å²) in [5.41, 5.74) is 2.04. The highest BCUT2D eigenvalue weighted by molar-refractivity contribution is 9.10. The van der Waals surface area contributed by atoms with Gasteiger partial charge < -0.3 is 4.74 Å². The highest BCUT2D eigenvalue weighted by atomic mass is 79.9. The summed E-state index contributed by atoms with van der Waals surface area (Å²) in [6.07, 6.45) is 1.43. The Morgan fingerprint density at radius 1 is 1.47 bits per heavy atom. The number of rotatable bonds is 1. The first-order valence-electron chi connectivity index (χ1n) is 4.87. The summed E-state index contributed by atoms with van der Waals surface area (Å²) in [5, 5.41) is 1.10. The van der Waals surface area contributed by atoms with Gasteiger partial charge in [0.2, 0.25) is 0 Å². The SMILES string of the molecule is COC(=O)c1cnc2c(Br)cc(C)cc2c1Cl. The van der Waals surface area contributed by atoms with E-state index in [1.54, 1.807) is 0 Å². The van der Waals surface area contributed by atoms with Crippen LogP contribution < -0.4 is 0 Å². The van der Waals surface area contributed by atoms with E-state index in [0.717, 1.165) is 20.9 Å². The number of hydrogen-bond donors (Lipinski definition) is 0. The molecule has 0 aliphatic heterocycles. The van der Waals surface area contributed by atoms with Gasteiger partial charge >= 0.3 is 5.97 Å². The average Bonchev–Trinajstić information content (AvgIpc) is 2.29. The van der Waals surface area contributed by atoms with Crippen molar-refractivity contribution >= 4 is 44.4 Å². The number of hydrogen-bond acceptors (Lipinski definition) is 3. The summed E-state index contributed by atoms with van der Waals surface area (Å²) in [6.45, 7) is 1.95. The van der Waals surface area contributed by atoms with Crippen molar-refractivity contribution in [3.8, 4) is 0 Å². The van der Waals surface area contributed by atoms with Crippen LogP contribution in [0.25, 0.3) is 10.9 Å². The van der Waals surface area contributed by atoms with Crippen LogP contribution in [0.15, 0.2) is 22.8 Å². The summed E-state index contributed by atoms with van der Waals surface area (Å²) >= 11 is 9.62. The van der Waals surface area contributed by atoms with Crippen molar-refractivity contribution < 1.29 is 9.53 Å². The second-order valence-electron chi connectivity index (χ2n) is 3.62. The minimum atomic E-state index is -0.484. The van der Waals surface area contributed by atoms with E-state index in [2.05, 4.69) is 25.7 Å². The zero-order chi connectivity index (χ0) is 12.6. The fourth-order valence-electron chi connectivity index (χ4n) is 1.62. The number of carbonyl (C=O) groups is 1. The first kappa shape index (κ1) is 12.3. The first-order valence-corrected chi connectivity index (χ1v) is 6.04. The number of fused-ring (bicyclic) bond motifs is 1. The van der Waals surface area contributed by atoms with Crippen LogP contribution in [-0.2, 0) is 4.74 Å². The van der Waals surface area contributed by atoms with E-state index in [1.807, 2.05) is 19.1 Å². The molecule has 2 aromatic rings. The minimum absolute atomic E-state index is 0.277. The molecule has 2 rings (SSSR count). The Morgan fingerprint density at radius 2 is 2.18 bits per heavy atom. The largest absolute Gasteiger partial charge is 0.465 e. The Kier molecular flexibility index (Phi) is 3.35. The van der Waals surface area contributed by atoms with Gasteiger partial charge in [0.15, 0.2) is 0 Å². The molecule has 3 nitrogen and oxygen atoms in total. The summed E-state index contributed by atoms with van der Waals surface area (Å²) in [5.74, 6) is -0.484. The maximum atomic E-state index is 11.5. The van der Waals surface area contributed by atoms with E-state index in [-0.39, 0.29) is 5.56 Å². The van der Waals surface area contributed by atoms with E-state index in [1.165, 1.54) is 13.3 Å². The maximum Gasteiger partial charge on any atom is 0.340 e. The van der Waals surface area contributed by atoms with Crippen molar-refractivity contribution in [2.24, 2.45) is 0 Å². The standard InChI is InChI=1S/C12H9BrClNO2/c1-6-3-7-10(14)8(12(16)17-2)5-15-11(7)9(13)4-6/h3-5H,1-2H3. The van der Waals surface area contributed by atoms with Crippen LogP contribution in [0.3, 0.4) is 0 Å². The summed E-state index contributed by atoms with van der Waals surface area (Å²) < 4.78 is 5.50. The van der Waals surface area contributed by atoms with Gasteiger partial charge in [-0.1, -0.05) is 11.6 Å². The molecule has 1 heterocycles. The third-order valence-corrected chi connectivity index (χ3v) is 3.42. The van der Waals surface area contributed by atoms with Gasteiger partial charge in [0.25, 0.3) is 0 Å². The molecule has 0 fully saturated rings. The van der Waals surface area contributed by atoms with Gasteiger partial charge in [0.05, 0.1) is 23.2 Å². The zero-order valence-corrected chi connectivity index (χ0v) is 11.6. The summed E-state index contributed by atoms with van der Waals surface area (Å²) in [4.78, 5) is 15.7. The lowest BCUT2D eigenvalue weighted by molar-refractivity contribution is 0.0600. The van der Waals surface area contributed by atoms with Crippen molar-refractivity contribution in [3.63, 3.8) is 0 Å². The molecule has 0 amide bonds. The second kappa shape index (κ2) is 4.63. The highest BCUT2D eigenvalue weighted by Crippen LogP contribution is 2.31. The minimum Gasteiger partial charge on any atom is -0.465 e. The molecular weight excluding hydrogens is 305 g/mol. The topological polar surface area (TPSA) is 39.2 Å². The maximum absolute atomic E-state index is 11.5. The molecule has 0 saturated carbocycles. The lowest BCUT2D eigenvalue weighted by Crippen LogP contribution is -2.03. The van der Waals surface area contributed by atoms with Gasteiger partial charge in [0, 0.05) is 16.1 Å². The van der Waals surface area contributed by atoms with Gasteiger partial charge in [-0.2, -0.15) is 0 Å². The van der Waals surface area contributed by atoms with Crippen molar-refractivity contribution in [1.82, 2.24) is 4.98 Å². The van der Waals surface area contributed by atoms with Crippen LogP contribution >= 0.6 is 27.5 Å². The number of benzene rings is 1. The highest BCUT2D eigenvalue weighted by Gasteiger charge is 2.15. The molecule has 0 bridgehead atoms. The lowest BCUT2D eigenvalue weighted by atomic mass is 10.1. The molecule has 0 aliphatic carbocycles. The predicted octanol–water partition coefficient (Wildman–Crippen LogP) is 3.75. The monoisotopic (exact) mass is 313 g/mol. The average molecular weight is 315 g/mol. The van der Waals surface area contributed by atoms with Crippen molar-refractivity contribution in [2.45, 2.75) is 6.92 Å². The summed E-state index contributed by atoms with van der Waals surface area (Å²) in [6, 6.07) is 3.84. The summed E-state index contributed by atoms with van der Waals surface area (Å²) in [7, 11) is 1.31. The van der Waals surface area contributed by atoms with Gasteiger partial charge in [0.1, 0.15) is 0 Å². The Balaban J connectivity index is 2.79. The molecule has 5 heteroatoms. The molecule has 1 aromatic heterocycles. The quantitative estimate of drug-likeness (QED) is 0.753. The molecule has 0 aliphatic rings. The third-order valence-electron chi connectivity index (χ3n) is 2.41. The van der Waals surface area contributed by atoms with Crippen molar-refractivity contribution in [2.75, 3.05) is 7.11 Å². The van der Waals surface area contributed by atoms with E-state index in [4.69, 9.17) is 11.6 Å². The number of aromatic nitrogens is 1. The number of pyridine rings is 1. The molecule has 0 saturated heterocycles. The van der Waals surface area contributed by atoms with E-state index >= 15 is 0 Å². The van der Waals surface area contributed by atoms with Crippen molar-refractivity contribution in [1.29, 1.82) is 0 Å². The Bertz CT molecular complexity index is 613. The van der Waals surface area contributed by atoms with Gasteiger partial charge in [-0.15, -0.1) is 0 Å². The van der Waals surface area contributed by atoms with Crippen LogP contribution in [0.5, 0.6) is 0 Å². The van der Waals surface area contributed by atoms with Crippen LogP contribution in [0.4, 0.5) is 0 Å². The number of esters is 1. The molecule has 88 valence electrons. The second-order valence-corrected chi connectivity index (χ2v) is 4.85. The van der Waals surface area contributed by atoms with Gasteiger partial charge in [-0.25, -0.2) is 4.79 Å². The van der Waals surface area contributed by atoms with Crippen LogP contribution in [0.1, 0.15) is 15.9 Å². The molecule has 17 heavy (non-hydrogen) atoms. The van der Waals surface area contributed by atoms with E-state index < -0.39 is 5.97 Å². The van der Waals surface area contributed by atoms with Crippen molar-refractivity contribution in [3.05, 3.63) is 39.0 Å². The number of ether oxygens (including phenoxy) is 1. The lowest BCUT2D eigenvalue weighted by Gasteiger charge is -2.07. The van der Waals surface area contributed by atoms with Crippen LogP contribution in [0.2, 0.25) is 5.02 Å². The normalized spacial score (nSPS) is 10.6. The molecular formula is C12H9BrClNO2. The first-order chi connectivity index (χ1) is 8.04. The molecule has 0 unspecified atom stereocenters. The number of carbonyl (C=O) groups excluding carboxylic acids is 1. The Hall–Kier alpha value is -1.13. The number of aryl methyl sites for hydroxylation is 1. The number of nitrogens with zero attached hydrogens (tertiary/aromatic N) is 1. The van der Waals surface area contributed by atoms with Crippen LogP contribution in [-0.4, -0.2) is 18.1 Å². The molecule has 1 aromatic carbocycles. The van der Waals surface area contributed by atoms with Crippen LogP contribution in [0, 0.1) is 6.92 Å². The number of methoxy groups -OCH3 is 1. The smallest absolute Gasteiger partial charge is 0.340 e. The molecule has 0 atom stereocenters. The predicted molar refractivity (Wildman–Crippen MR) is 70.5 cm³/mol. The number of halogens is 2. The van der Waals surface area contributed by atoms with E-state index in [9.17, 15) is 4.79 Å². The zero-order valence-electron chi connectivity index (χ0n) is 9.25. The Labute approximate surface area is 112 Å². The molecule has 0 spiro atoms. The molecule has 0 N–H and O–H groups in total. The fraction of sp³-hybridized carbons (Fsp3) is 0.167. The van der Waals surface area contributed by atoms with Gasteiger partial charge in [-0.05, 0) is 40.5 Å². The van der Waals surface area contributed by atoms with E-state index in [0.29, 0.717) is 5.02 Å². The Morgan fingerprint density at radius 3 is 2.82 bits per heavy atom. The third kappa shape index (κ3) is 2.15. The fourth-order valence-corrected chi connectivity index (χ4v) is 2.56.